The summed E-state index contributed by atoms with van der Waals surface area (Å²) >= 11 is 0. The number of halogens is 1. The zero-order valence-corrected chi connectivity index (χ0v) is 15.0. The molecule has 0 aromatic heterocycles. The molecule has 0 radical (unpaired) electrons. The molecule has 0 unspecified atom stereocenters. The van der Waals surface area contributed by atoms with E-state index in [1.54, 1.807) is 43.9 Å². The average Bonchev–Trinajstić information content (AvgIpc) is 3.33. The quantitative estimate of drug-likeness (QED) is 0.774. The highest BCUT2D eigenvalue weighted by molar-refractivity contribution is 5.75. The van der Waals surface area contributed by atoms with Crippen molar-refractivity contribution in [3.8, 4) is 0 Å². The second kappa shape index (κ2) is 8.18. The molecule has 0 aliphatic heterocycles. The van der Waals surface area contributed by atoms with Gasteiger partial charge < -0.3 is 20.3 Å². The summed E-state index contributed by atoms with van der Waals surface area (Å²) in [6.45, 7) is 6.12. The maximum atomic E-state index is 13.8. The summed E-state index contributed by atoms with van der Waals surface area (Å²) in [6.07, 6.45) is 1.34. The van der Waals surface area contributed by atoms with Gasteiger partial charge in [0, 0.05) is 24.7 Å². The van der Waals surface area contributed by atoms with Crippen molar-refractivity contribution in [2.75, 3.05) is 13.1 Å². The number of alkyl carbamates (subject to hydrolysis) is 1. The van der Waals surface area contributed by atoms with Gasteiger partial charge in [0.1, 0.15) is 11.4 Å². The number of hydrogen-bond acceptors (Lipinski definition) is 3. The van der Waals surface area contributed by atoms with Gasteiger partial charge in [0.05, 0.1) is 6.54 Å². The zero-order valence-electron chi connectivity index (χ0n) is 15.0. The monoisotopic (exact) mass is 351 g/mol. The molecule has 25 heavy (non-hydrogen) atoms. The maximum absolute atomic E-state index is 13.8. The smallest absolute Gasteiger partial charge is 0.407 e. The van der Waals surface area contributed by atoms with Crippen LogP contribution in [0.25, 0.3) is 0 Å². The molecule has 6 nitrogen and oxygen atoms in total. The molecule has 7 heteroatoms. The van der Waals surface area contributed by atoms with Crippen LogP contribution in [0.1, 0.15) is 39.2 Å². The van der Waals surface area contributed by atoms with Crippen molar-refractivity contribution < 1.29 is 18.7 Å². The predicted molar refractivity (Wildman–Crippen MR) is 92.6 cm³/mol. The van der Waals surface area contributed by atoms with Gasteiger partial charge in [-0.15, -0.1) is 0 Å². The fourth-order valence-corrected chi connectivity index (χ4v) is 2.31. The van der Waals surface area contributed by atoms with Crippen LogP contribution in [-0.4, -0.2) is 41.8 Å². The molecule has 138 valence electrons. The van der Waals surface area contributed by atoms with Gasteiger partial charge in [-0.25, -0.2) is 14.0 Å². The number of carbonyl (C=O) groups is 2. The number of hydrogen-bond donors (Lipinski definition) is 2. The molecule has 1 saturated carbocycles. The van der Waals surface area contributed by atoms with Gasteiger partial charge in [0.2, 0.25) is 0 Å². The molecule has 0 bridgehead atoms. The van der Waals surface area contributed by atoms with Gasteiger partial charge in [0.25, 0.3) is 0 Å². The van der Waals surface area contributed by atoms with Crippen LogP contribution in [0.2, 0.25) is 0 Å². The number of ether oxygens (including phenoxy) is 1. The largest absolute Gasteiger partial charge is 0.444 e. The second-order valence-corrected chi connectivity index (χ2v) is 7.11. The summed E-state index contributed by atoms with van der Waals surface area (Å²) in [5.74, 6) is -0.312. The van der Waals surface area contributed by atoms with Crippen molar-refractivity contribution >= 4 is 12.1 Å². The lowest BCUT2D eigenvalue weighted by Crippen LogP contribution is -2.44. The van der Waals surface area contributed by atoms with Crippen LogP contribution in [0.15, 0.2) is 24.3 Å². The highest BCUT2D eigenvalue weighted by Crippen LogP contribution is 2.28. The molecular weight excluding hydrogens is 325 g/mol. The van der Waals surface area contributed by atoms with Crippen molar-refractivity contribution in [3.05, 3.63) is 35.6 Å². The number of nitrogens with one attached hydrogen (secondary N) is 2. The fourth-order valence-electron chi connectivity index (χ4n) is 2.31. The van der Waals surface area contributed by atoms with Gasteiger partial charge >= 0.3 is 12.1 Å². The lowest BCUT2D eigenvalue weighted by molar-refractivity contribution is 0.0528. The Morgan fingerprint density at radius 1 is 1.20 bits per heavy atom. The van der Waals surface area contributed by atoms with E-state index in [2.05, 4.69) is 10.6 Å². The van der Waals surface area contributed by atoms with Crippen molar-refractivity contribution in [2.45, 2.75) is 51.8 Å². The highest BCUT2D eigenvalue weighted by Gasteiger charge is 2.32. The first-order valence-corrected chi connectivity index (χ1v) is 8.51. The van der Waals surface area contributed by atoms with E-state index < -0.39 is 11.7 Å². The van der Waals surface area contributed by atoms with E-state index in [0.717, 1.165) is 12.8 Å². The Balaban J connectivity index is 1.78. The van der Waals surface area contributed by atoms with Crippen LogP contribution < -0.4 is 10.6 Å². The molecule has 0 saturated heterocycles. The van der Waals surface area contributed by atoms with Crippen LogP contribution in [-0.2, 0) is 11.3 Å². The van der Waals surface area contributed by atoms with Gasteiger partial charge in [-0.05, 0) is 39.7 Å². The molecule has 1 aliphatic rings. The van der Waals surface area contributed by atoms with Crippen LogP contribution in [0.4, 0.5) is 14.0 Å². The third-order valence-electron chi connectivity index (χ3n) is 3.62. The Hall–Kier alpha value is -2.31. The Bertz CT molecular complexity index is 612. The number of rotatable bonds is 6. The molecule has 2 rings (SSSR count). The minimum absolute atomic E-state index is 0.151. The molecular formula is C18H26FN3O3. The van der Waals surface area contributed by atoms with Crippen molar-refractivity contribution in [1.29, 1.82) is 0 Å². The van der Waals surface area contributed by atoms with Crippen LogP contribution in [0.5, 0.6) is 0 Å². The van der Waals surface area contributed by atoms with Gasteiger partial charge in [-0.2, -0.15) is 0 Å². The van der Waals surface area contributed by atoms with Gasteiger partial charge in [-0.1, -0.05) is 18.2 Å². The number of urea groups is 1. The van der Waals surface area contributed by atoms with Crippen molar-refractivity contribution in [2.24, 2.45) is 0 Å². The van der Waals surface area contributed by atoms with E-state index in [1.165, 1.54) is 6.07 Å². The maximum Gasteiger partial charge on any atom is 0.407 e. The van der Waals surface area contributed by atoms with E-state index in [4.69, 9.17) is 4.74 Å². The van der Waals surface area contributed by atoms with Crippen LogP contribution in [0, 0.1) is 5.82 Å². The fraction of sp³-hybridized carbons (Fsp3) is 0.556. The zero-order chi connectivity index (χ0) is 18.4. The number of nitrogens with zero attached hydrogens (tertiary/aromatic N) is 1. The van der Waals surface area contributed by atoms with Crippen LogP contribution >= 0.6 is 0 Å². The summed E-state index contributed by atoms with van der Waals surface area (Å²) in [5, 5.41) is 5.34. The normalized spacial score (nSPS) is 13.9. The third kappa shape index (κ3) is 6.60. The van der Waals surface area contributed by atoms with Gasteiger partial charge in [-0.3, -0.25) is 0 Å². The minimum atomic E-state index is -0.560. The molecule has 0 atom stereocenters. The molecule has 3 amide bonds. The number of amides is 3. The second-order valence-electron chi connectivity index (χ2n) is 7.11. The molecule has 2 N–H and O–H groups in total. The standard InChI is InChI=1S/C18H26FN3O3/c1-18(2,3)25-17(24)21-11-10-20-16(23)22(14-8-9-14)12-13-6-4-5-7-15(13)19/h4-7,14H,8-12H2,1-3H3,(H,20,23)(H,21,24). The molecule has 0 heterocycles. The molecule has 1 aromatic rings. The van der Waals surface area contributed by atoms with Crippen molar-refractivity contribution in [3.63, 3.8) is 0 Å². The highest BCUT2D eigenvalue weighted by atomic mass is 19.1. The first kappa shape index (κ1) is 19.0. The average molecular weight is 351 g/mol. The Morgan fingerprint density at radius 2 is 1.84 bits per heavy atom. The Labute approximate surface area is 147 Å². The first-order chi connectivity index (χ1) is 11.8. The van der Waals surface area contributed by atoms with E-state index in [-0.39, 0.29) is 37.5 Å². The van der Waals surface area contributed by atoms with Crippen molar-refractivity contribution in [1.82, 2.24) is 15.5 Å². The SMILES string of the molecule is CC(C)(C)OC(=O)NCCNC(=O)N(Cc1ccccc1F)C1CC1. The van der Waals surface area contributed by atoms with E-state index in [1.807, 2.05) is 0 Å². The number of benzene rings is 1. The lowest BCUT2D eigenvalue weighted by Gasteiger charge is -2.23. The topological polar surface area (TPSA) is 70.7 Å². The molecule has 0 spiro atoms. The van der Waals surface area contributed by atoms with E-state index >= 15 is 0 Å². The summed E-state index contributed by atoms with van der Waals surface area (Å²) in [5.41, 5.74) is -0.0630. The lowest BCUT2D eigenvalue weighted by atomic mass is 10.2. The summed E-state index contributed by atoms with van der Waals surface area (Å²) in [7, 11) is 0. The predicted octanol–water partition coefficient (Wildman–Crippen LogP) is 3.02. The Morgan fingerprint density at radius 3 is 2.44 bits per heavy atom. The summed E-state index contributed by atoms with van der Waals surface area (Å²) < 4.78 is 18.9. The van der Waals surface area contributed by atoms with Gasteiger partial charge in [0.15, 0.2) is 0 Å². The number of carbonyl (C=O) groups excluding carboxylic acids is 2. The van der Waals surface area contributed by atoms with Crippen LogP contribution in [0.3, 0.4) is 0 Å². The van der Waals surface area contributed by atoms with E-state index in [0.29, 0.717) is 5.56 Å². The minimum Gasteiger partial charge on any atom is -0.444 e. The first-order valence-electron chi connectivity index (χ1n) is 8.51. The Kier molecular flexibility index (Phi) is 6.22. The van der Waals surface area contributed by atoms with E-state index in [9.17, 15) is 14.0 Å². The third-order valence-corrected chi connectivity index (χ3v) is 3.62. The summed E-state index contributed by atoms with van der Waals surface area (Å²) in [4.78, 5) is 25.5. The molecule has 1 fully saturated rings. The summed E-state index contributed by atoms with van der Waals surface area (Å²) in [6, 6.07) is 6.36. The molecule has 1 aliphatic carbocycles. The molecule has 1 aromatic carbocycles.